The number of carbonyl (C=O) groups is 1. The molecule has 2 rings (SSSR count). The van der Waals surface area contributed by atoms with Crippen LogP contribution >= 0.6 is 11.6 Å². The molecule has 0 atom stereocenters. The van der Waals surface area contributed by atoms with Crippen LogP contribution < -0.4 is 4.90 Å². The number of carbonyl (C=O) groups excluding carboxylic acids is 1. The van der Waals surface area contributed by atoms with Crippen molar-refractivity contribution in [2.24, 2.45) is 0 Å². The number of ether oxygens (including phenoxy) is 2. The lowest BCUT2D eigenvalue weighted by molar-refractivity contribution is -0.139. The lowest BCUT2D eigenvalue weighted by atomic mass is 10.2. The van der Waals surface area contributed by atoms with Crippen molar-refractivity contribution in [3.8, 4) is 11.8 Å². The molecule has 0 amide bonds. The van der Waals surface area contributed by atoms with Crippen LogP contribution in [0.5, 0.6) is 0 Å². The number of pyridine rings is 1. The molecular formula is C19H16ClFN2O3. The third kappa shape index (κ3) is 4.98. The Bertz CT molecular complexity index is 903. The SMILES string of the molecule is COC(=O)C(=CN(C)c1cccc(C#Cc2ccc(Cl)cc2F)n1)OC. The van der Waals surface area contributed by atoms with Crippen LogP contribution in [0.1, 0.15) is 11.3 Å². The fourth-order valence-corrected chi connectivity index (χ4v) is 2.10. The quantitative estimate of drug-likeness (QED) is 0.355. The van der Waals surface area contributed by atoms with E-state index in [-0.39, 0.29) is 11.3 Å². The van der Waals surface area contributed by atoms with Crippen LogP contribution in [-0.2, 0) is 14.3 Å². The van der Waals surface area contributed by atoms with E-state index >= 15 is 0 Å². The molecule has 7 heteroatoms. The summed E-state index contributed by atoms with van der Waals surface area (Å²) in [5.41, 5.74) is 0.663. The van der Waals surface area contributed by atoms with Crippen molar-refractivity contribution in [2.45, 2.75) is 0 Å². The van der Waals surface area contributed by atoms with Gasteiger partial charge in [-0.3, -0.25) is 0 Å². The van der Waals surface area contributed by atoms with Crippen molar-refractivity contribution in [2.75, 3.05) is 26.2 Å². The molecule has 0 unspecified atom stereocenters. The summed E-state index contributed by atoms with van der Waals surface area (Å²) in [6, 6.07) is 9.45. The number of aromatic nitrogens is 1. The summed E-state index contributed by atoms with van der Waals surface area (Å²) in [4.78, 5) is 17.5. The first-order valence-electron chi connectivity index (χ1n) is 7.45. The average molecular weight is 375 g/mol. The highest BCUT2D eigenvalue weighted by atomic mass is 35.5. The molecular weight excluding hydrogens is 359 g/mol. The molecule has 0 N–H and O–H groups in total. The number of benzene rings is 1. The number of hydrogen-bond acceptors (Lipinski definition) is 5. The van der Waals surface area contributed by atoms with E-state index in [0.717, 1.165) is 0 Å². The van der Waals surface area contributed by atoms with Gasteiger partial charge in [0.05, 0.1) is 26.0 Å². The molecule has 0 aliphatic rings. The number of anilines is 1. The maximum atomic E-state index is 13.8. The molecule has 0 fully saturated rings. The molecule has 0 aliphatic carbocycles. The summed E-state index contributed by atoms with van der Waals surface area (Å²) in [5.74, 6) is 4.97. The van der Waals surface area contributed by atoms with Crippen molar-refractivity contribution in [3.63, 3.8) is 0 Å². The Morgan fingerprint density at radius 3 is 2.65 bits per heavy atom. The van der Waals surface area contributed by atoms with Gasteiger partial charge in [0.25, 0.3) is 0 Å². The molecule has 26 heavy (non-hydrogen) atoms. The van der Waals surface area contributed by atoms with E-state index < -0.39 is 11.8 Å². The minimum absolute atomic E-state index is 0.0246. The molecule has 1 aromatic carbocycles. The Morgan fingerprint density at radius 1 is 1.23 bits per heavy atom. The minimum Gasteiger partial charge on any atom is -0.489 e. The monoisotopic (exact) mass is 374 g/mol. The molecule has 0 saturated heterocycles. The van der Waals surface area contributed by atoms with Gasteiger partial charge in [0.2, 0.25) is 5.76 Å². The van der Waals surface area contributed by atoms with Gasteiger partial charge in [-0.15, -0.1) is 0 Å². The number of nitrogens with zero attached hydrogens (tertiary/aromatic N) is 2. The maximum absolute atomic E-state index is 13.8. The topological polar surface area (TPSA) is 51.7 Å². The molecule has 134 valence electrons. The van der Waals surface area contributed by atoms with Crippen LogP contribution in [0.2, 0.25) is 5.02 Å². The molecule has 0 aliphatic heterocycles. The molecule has 0 bridgehead atoms. The summed E-state index contributed by atoms with van der Waals surface area (Å²) in [7, 11) is 4.33. The highest BCUT2D eigenvalue weighted by Gasteiger charge is 2.12. The van der Waals surface area contributed by atoms with E-state index in [1.54, 1.807) is 36.2 Å². The van der Waals surface area contributed by atoms with Gasteiger partial charge < -0.3 is 14.4 Å². The van der Waals surface area contributed by atoms with Crippen molar-refractivity contribution in [1.29, 1.82) is 0 Å². The van der Waals surface area contributed by atoms with Crippen molar-refractivity contribution in [1.82, 2.24) is 4.98 Å². The van der Waals surface area contributed by atoms with Gasteiger partial charge in [-0.25, -0.2) is 14.2 Å². The first-order valence-corrected chi connectivity index (χ1v) is 7.83. The molecule has 1 aromatic heterocycles. The second kappa shape index (κ2) is 8.88. The van der Waals surface area contributed by atoms with Crippen LogP contribution in [0.3, 0.4) is 0 Å². The van der Waals surface area contributed by atoms with Crippen molar-refractivity contribution >= 4 is 23.4 Å². The normalized spacial score (nSPS) is 10.6. The Morgan fingerprint density at radius 2 is 2.00 bits per heavy atom. The first-order chi connectivity index (χ1) is 12.4. The van der Waals surface area contributed by atoms with Gasteiger partial charge in [0.15, 0.2) is 0 Å². The van der Waals surface area contributed by atoms with E-state index in [4.69, 9.17) is 16.3 Å². The van der Waals surface area contributed by atoms with Crippen molar-refractivity contribution in [3.05, 3.63) is 70.5 Å². The third-order valence-electron chi connectivity index (χ3n) is 3.27. The largest absolute Gasteiger partial charge is 0.489 e. The van der Waals surface area contributed by atoms with Crippen molar-refractivity contribution < 1.29 is 18.7 Å². The maximum Gasteiger partial charge on any atom is 0.374 e. The smallest absolute Gasteiger partial charge is 0.374 e. The molecule has 5 nitrogen and oxygen atoms in total. The number of rotatable bonds is 4. The summed E-state index contributed by atoms with van der Waals surface area (Å²) >= 11 is 5.72. The van der Waals surface area contributed by atoms with E-state index in [1.807, 2.05) is 0 Å². The highest BCUT2D eigenvalue weighted by molar-refractivity contribution is 6.30. The number of methoxy groups -OCH3 is 2. The molecule has 2 aromatic rings. The van der Waals surface area contributed by atoms with Crippen LogP contribution in [0, 0.1) is 17.7 Å². The zero-order chi connectivity index (χ0) is 19.1. The molecule has 0 radical (unpaired) electrons. The second-order valence-corrected chi connectivity index (χ2v) is 5.49. The summed E-state index contributed by atoms with van der Waals surface area (Å²) < 4.78 is 23.4. The first kappa shape index (κ1) is 19.3. The average Bonchev–Trinajstić information content (AvgIpc) is 2.64. The van der Waals surface area contributed by atoms with Crippen LogP contribution in [-0.4, -0.2) is 32.2 Å². The van der Waals surface area contributed by atoms with Crippen LogP contribution in [0.15, 0.2) is 48.4 Å². The van der Waals surface area contributed by atoms with E-state index in [0.29, 0.717) is 16.5 Å². The fourth-order valence-electron chi connectivity index (χ4n) is 1.94. The third-order valence-corrected chi connectivity index (χ3v) is 3.50. The van der Waals surface area contributed by atoms with Crippen LogP contribution in [0.4, 0.5) is 10.2 Å². The number of hydrogen-bond donors (Lipinski definition) is 0. The van der Waals surface area contributed by atoms with Gasteiger partial charge in [0, 0.05) is 12.1 Å². The predicted molar refractivity (Wildman–Crippen MR) is 97.1 cm³/mol. The summed E-state index contributed by atoms with van der Waals surface area (Å²) in [6.07, 6.45) is 1.45. The van der Waals surface area contributed by atoms with E-state index in [9.17, 15) is 9.18 Å². The molecule has 1 heterocycles. The zero-order valence-corrected chi connectivity index (χ0v) is 15.2. The van der Waals surface area contributed by atoms with E-state index in [2.05, 4.69) is 21.6 Å². The van der Waals surface area contributed by atoms with Gasteiger partial charge in [0.1, 0.15) is 17.3 Å². The van der Waals surface area contributed by atoms with Gasteiger partial charge in [-0.1, -0.05) is 23.6 Å². The Balaban J connectivity index is 2.27. The van der Waals surface area contributed by atoms with Gasteiger partial charge in [-0.05, 0) is 36.3 Å². The number of esters is 1. The lowest BCUT2D eigenvalue weighted by Gasteiger charge is -2.14. The predicted octanol–water partition coefficient (Wildman–Crippen LogP) is 3.37. The Kier molecular flexibility index (Phi) is 6.59. The van der Waals surface area contributed by atoms with Gasteiger partial charge >= 0.3 is 5.97 Å². The summed E-state index contributed by atoms with van der Waals surface area (Å²) in [5, 5.41) is 0.307. The molecule has 0 saturated carbocycles. The summed E-state index contributed by atoms with van der Waals surface area (Å²) in [6.45, 7) is 0. The number of halogens is 2. The zero-order valence-electron chi connectivity index (χ0n) is 14.4. The Hall–Kier alpha value is -3.04. The minimum atomic E-state index is -0.603. The van der Waals surface area contributed by atoms with E-state index in [1.165, 1.54) is 32.6 Å². The molecule has 0 spiro atoms. The lowest BCUT2D eigenvalue weighted by Crippen LogP contribution is -2.16. The highest BCUT2D eigenvalue weighted by Crippen LogP contribution is 2.15. The van der Waals surface area contributed by atoms with Crippen LogP contribution in [0.25, 0.3) is 0 Å². The standard InChI is InChI=1S/C19H16ClFN2O3/c1-23(12-17(25-2)19(24)26-3)18-6-4-5-15(22-18)10-8-13-7-9-14(20)11-16(13)21/h4-7,9,11-12H,1-3H3. The Labute approximate surface area is 156 Å². The second-order valence-electron chi connectivity index (χ2n) is 5.06. The van der Waals surface area contributed by atoms with Gasteiger partial charge in [-0.2, -0.15) is 0 Å². The fraction of sp³-hybridized carbons (Fsp3) is 0.158.